The first kappa shape index (κ1) is 13.0. The molecule has 9 heavy (non-hydrogen) atoms. The van der Waals surface area contributed by atoms with Crippen LogP contribution in [0.2, 0.25) is 0 Å². The van der Waals surface area contributed by atoms with Crippen molar-refractivity contribution < 1.29 is 19.5 Å². The molecular formula is C7H14IZn-. The molecule has 0 saturated heterocycles. The van der Waals surface area contributed by atoms with Gasteiger partial charge in [-0.15, -0.1) is 24.0 Å². The minimum atomic E-state index is 0. The molecule has 0 bridgehead atoms. The second kappa shape index (κ2) is 5.06. The molecule has 0 spiro atoms. The van der Waals surface area contributed by atoms with Crippen LogP contribution in [0, 0.1) is 12.3 Å². The van der Waals surface area contributed by atoms with Crippen molar-refractivity contribution in [3.8, 4) is 0 Å². The smallest absolute Gasteiger partial charge is 0 e. The van der Waals surface area contributed by atoms with Gasteiger partial charge in [0.05, 0.1) is 0 Å². The monoisotopic (exact) mass is 289 g/mol. The van der Waals surface area contributed by atoms with Crippen molar-refractivity contribution in [1.82, 2.24) is 0 Å². The Bertz CT molecular complexity index is 63.3. The average molecular weight is 290 g/mol. The molecule has 52 valence electrons. The molecule has 0 unspecified atom stereocenters. The molecule has 0 aliphatic heterocycles. The van der Waals surface area contributed by atoms with Crippen LogP contribution >= 0.6 is 24.0 Å². The molecule has 0 aromatic rings. The first-order valence-electron chi connectivity index (χ1n) is 3.06. The van der Waals surface area contributed by atoms with Crippen molar-refractivity contribution in [2.24, 2.45) is 5.41 Å². The molecule has 1 aliphatic rings. The molecule has 0 atom stereocenters. The van der Waals surface area contributed by atoms with Crippen LogP contribution in [-0.4, -0.2) is 0 Å². The van der Waals surface area contributed by atoms with Gasteiger partial charge in [0.2, 0.25) is 0 Å². The number of hydrogen-bond acceptors (Lipinski definition) is 0. The molecule has 0 aromatic heterocycles. The Balaban J connectivity index is 0. The molecular weight excluding hydrogens is 276 g/mol. The van der Waals surface area contributed by atoms with E-state index in [0.29, 0.717) is 5.41 Å². The zero-order valence-corrected chi connectivity index (χ0v) is 11.4. The Labute approximate surface area is 88.0 Å². The Morgan fingerprint density at radius 3 is 1.67 bits per heavy atom. The zero-order chi connectivity index (χ0) is 5.33. The normalized spacial score (nSPS) is 22.0. The summed E-state index contributed by atoms with van der Waals surface area (Å²) >= 11 is 0. The third-order valence-corrected chi connectivity index (χ3v) is 1.81. The summed E-state index contributed by atoms with van der Waals surface area (Å²) in [5.74, 6) is 0. The summed E-state index contributed by atoms with van der Waals surface area (Å²) in [7, 11) is 0. The van der Waals surface area contributed by atoms with E-state index in [1.165, 1.54) is 25.7 Å². The summed E-state index contributed by atoms with van der Waals surface area (Å²) in [6.07, 6.45) is 5.49. The van der Waals surface area contributed by atoms with Crippen LogP contribution in [0.15, 0.2) is 0 Å². The number of rotatable bonds is 0. The van der Waals surface area contributed by atoms with E-state index >= 15 is 0 Å². The van der Waals surface area contributed by atoms with Gasteiger partial charge in [-0.2, -0.15) is 5.41 Å². The molecule has 1 rings (SSSR count). The fourth-order valence-corrected chi connectivity index (χ4v) is 1.23. The summed E-state index contributed by atoms with van der Waals surface area (Å²) in [5, 5.41) is 0. The summed E-state index contributed by atoms with van der Waals surface area (Å²) in [6, 6.07) is 0. The molecule has 0 heterocycles. The van der Waals surface area contributed by atoms with Crippen molar-refractivity contribution in [3.63, 3.8) is 0 Å². The fourth-order valence-electron chi connectivity index (χ4n) is 1.23. The quantitative estimate of drug-likeness (QED) is 0.365. The number of halogens is 1. The van der Waals surface area contributed by atoms with Crippen molar-refractivity contribution >= 4 is 24.0 Å². The van der Waals surface area contributed by atoms with E-state index in [-0.39, 0.29) is 43.5 Å². The Hall–Kier alpha value is 1.35. The van der Waals surface area contributed by atoms with E-state index in [0.717, 1.165) is 0 Å². The molecule has 0 radical (unpaired) electrons. The van der Waals surface area contributed by atoms with Gasteiger partial charge in [-0.25, -0.2) is 0 Å². The third-order valence-electron chi connectivity index (χ3n) is 1.81. The molecule has 0 nitrogen and oxygen atoms in total. The van der Waals surface area contributed by atoms with Crippen molar-refractivity contribution in [2.45, 2.75) is 32.6 Å². The minimum Gasteiger partial charge on any atom is -0.337 e. The van der Waals surface area contributed by atoms with Gasteiger partial charge in [0.15, 0.2) is 0 Å². The number of hydrogen-bond donors (Lipinski definition) is 0. The fraction of sp³-hybridized carbons (Fsp3) is 0.857. The second-order valence-corrected chi connectivity index (χ2v) is 3.02. The topological polar surface area (TPSA) is 0 Å². The van der Waals surface area contributed by atoms with Crippen LogP contribution in [0.4, 0.5) is 0 Å². The zero-order valence-electron chi connectivity index (χ0n) is 6.15. The predicted molar refractivity (Wildman–Crippen MR) is 47.3 cm³/mol. The molecule has 0 amide bonds. The first-order chi connectivity index (χ1) is 3.21. The molecule has 1 aliphatic carbocycles. The largest absolute Gasteiger partial charge is 0.337 e. The van der Waals surface area contributed by atoms with Crippen molar-refractivity contribution in [2.75, 3.05) is 0 Å². The maximum Gasteiger partial charge on any atom is 0 e. The van der Waals surface area contributed by atoms with Gasteiger partial charge in [-0.1, -0.05) is 32.6 Å². The predicted octanol–water partition coefficient (Wildman–Crippen LogP) is 3.02. The maximum absolute atomic E-state index is 4.07. The summed E-state index contributed by atoms with van der Waals surface area (Å²) in [4.78, 5) is 0. The van der Waals surface area contributed by atoms with E-state index in [9.17, 15) is 0 Å². The molecule has 1 fully saturated rings. The van der Waals surface area contributed by atoms with Crippen LogP contribution in [0.5, 0.6) is 0 Å². The Morgan fingerprint density at radius 2 is 1.56 bits per heavy atom. The summed E-state index contributed by atoms with van der Waals surface area (Å²) in [5.41, 5.74) is 0.444. The van der Waals surface area contributed by atoms with Crippen LogP contribution in [0.25, 0.3) is 0 Å². The summed E-state index contributed by atoms with van der Waals surface area (Å²) in [6.45, 7) is 6.32. The van der Waals surface area contributed by atoms with E-state index in [1.54, 1.807) is 0 Å². The van der Waals surface area contributed by atoms with Gasteiger partial charge in [-0.3, -0.25) is 0 Å². The van der Waals surface area contributed by atoms with Crippen molar-refractivity contribution in [1.29, 1.82) is 0 Å². The van der Waals surface area contributed by atoms with Gasteiger partial charge in [-0.05, 0) is 0 Å². The molecule has 0 aromatic carbocycles. The van der Waals surface area contributed by atoms with Gasteiger partial charge in [0.1, 0.15) is 0 Å². The van der Waals surface area contributed by atoms with Gasteiger partial charge >= 0.3 is 0 Å². The van der Waals surface area contributed by atoms with Gasteiger partial charge in [0.25, 0.3) is 0 Å². The van der Waals surface area contributed by atoms with E-state index in [2.05, 4.69) is 13.8 Å². The van der Waals surface area contributed by atoms with Gasteiger partial charge < -0.3 is 6.92 Å². The third kappa shape index (κ3) is 4.72. The summed E-state index contributed by atoms with van der Waals surface area (Å²) < 4.78 is 0. The second-order valence-electron chi connectivity index (χ2n) is 3.02. The van der Waals surface area contributed by atoms with Crippen LogP contribution in [-0.2, 0) is 19.5 Å². The Kier molecular flexibility index (Phi) is 7.30. The minimum absolute atomic E-state index is 0. The van der Waals surface area contributed by atoms with Crippen molar-refractivity contribution in [3.05, 3.63) is 6.92 Å². The van der Waals surface area contributed by atoms with Gasteiger partial charge in [0, 0.05) is 19.5 Å². The van der Waals surface area contributed by atoms with Crippen LogP contribution in [0.3, 0.4) is 0 Å². The molecule has 0 N–H and O–H groups in total. The maximum atomic E-state index is 4.07. The SMILES string of the molecule is I.[CH2-]C1(C)CCCC1.[Zn]. The average Bonchev–Trinajstić information content (AvgIpc) is 1.84. The first-order valence-corrected chi connectivity index (χ1v) is 3.06. The van der Waals surface area contributed by atoms with E-state index < -0.39 is 0 Å². The van der Waals surface area contributed by atoms with Crippen LogP contribution in [0.1, 0.15) is 32.6 Å². The van der Waals surface area contributed by atoms with Crippen LogP contribution < -0.4 is 0 Å². The Morgan fingerprint density at radius 1 is 1.22 bits per heavy atom. The molecule has 1 saturated carbocycles. The van der Waals surface area contributed by atoms with E-state index in [1.807, 2.05) is 0 Å². The molecule has 2 heteroatoms. The van der Waals surface area contributed by atoms with E-state index in [4.69, 9.17) is 0 Å². The standard InChI is InChI=1S/C7H13.HI.Zn/c1-7(2)5-3-4-6-7;;/h1,3-6H2,2H3;1H;/q-1;;.